The number of carbonyl (C=O) groups is 1. The maximum absolute atomic E-state index is 14.1. The molecule has 1 N–H and O–H groups in total. The minimum atomic E-state index is -3.15. The fraction of sp³-hybridized carbons (Fsp3) is 0.214. The summed E-state index contributed by atoms with van der Waals surface area (Å²) < 4.78 is 28.9. The number of halogens is 3. The van der Waals surface area contributed by atoms with E-state index < -0.39 is 24.7 Å². The Bertz CT molecular complexity index is 626. The summed E-state index contributed by atoms with van der Waals surface area (Å²) in [5.74, 6) is -4.38. The molecule has 2 nitrogen and oxygen atoms in total. The van der Waals surface area contributed by atoms with Crippen LogP contribution in [-0.2, 0) is 10.7 Å². The smallest absolute Gasteiger partial charge is 0.303 e. The van der Waals surface area contributed by atoms with Crippen molar-refractivity contribution >= 4 is 32.7 Å². The minimum absolute atomic E-state index is 0.132. The fourth-order valence-corrected chi connectivity index (χ4v) is 2.46. The second-order valence-electron chi connectivity index (χ2n) is 4.24. The van der Waals surface area contributed by atoms with Gasteiger partial charge in [0.25, 0.3) is 5.92 Å². The lowest BCUT2D eigenvalue weighted by atomic mass is 9.97. The van der Waals surface area contributed by atoms with Crippen LogP contribution in [0.15, 0.2) is 40.9 Å². The molecule has 100 valence electrons. The fourth-order valence-electron chi connectivity index (χ4n) is 1.98. The first-order chi connectivity index (χ1) is 8.92. The number of hydrogen-bond donors (Lipinski definition) is 1. The van der Waals surface area contributed by atoms with E-state index >= 15 is 0 Å². The quantitative estimate of drug-likeness (QED) is 0.893. The molecule has 0 aromatic heterocycles. The van der Waals surface area contributed by atoms with Gasteiger partial charge in [0.1, 0.15) is 0 Å². The van der Waals surface area contributed by atoms with Crippen LogP contribution < -0.4 is 0 Å². The SMILES string of the molecule is O=C(O)CCC(F)(F)c1ccc(Br)c2ccccc12. The second kappa shape index (κ2) is 5.25. The zero-order chi connectivity index (χ0) is 14.0. The highest BCUT2D eigenvalue weighted by atomic mass is 79.9. The van der Waals surface area contributed by atoms with Crippen molar-refractivity contribution in [3.8, 4) is 0 Å². The molecule has 0 bridgehead atoms. The summed E-state index contributed by atoms with van der Waals surface area (Å²) in [5, 5.41) is 9.67. The Morgan fingerprint density at radius 3 is 2.42 bits per heavy atom. The molecule has 0 amide bonds. The van der Waals surface area contributed by atoms with Crippen molar-refractivity contribution in [2.24, 2.45) is 0 Å². The van der Waals surface area contributed by atoms with E-state index in [-0.39, 0.29) is 5.56 Å². The van der Waals surface area contributed by atoms with Gasteiger partial charge in [-0.15, -0.1) is 0 Å². The van der Waals surface area contributed by atoms with Gasteiger partial charge in [0, 0.05) is 16.5 Å². The molecule has 0 radical (unpaired) electrons. The molecule has 0 saturated carbocycles. The second-order valence-corrected chi connectivity index (χ2v) is 5.09. The van der Waals surface area contributed by atoms with E-state index in [4.69, 9.17) is 5.11 Å². The van der Waals surface area contributed by atoms with Gasteiger partial charge in [-0.3, -0.25) is 4.79 Å². The summed E-state index contributed by atoms with van der Waals surface area (Å²) in [4.78, 5) is 10.5. The molecule has 2 aromatic rings. The van der Waals surface area contributed by atoms with Crippen molar-refractivity contribution in [1.29, 1.82) is 0 Å². The van der Waals surface area contributed by atoms with E-state index in [1.807, 2.05) is 0 Å². The van der Waals surface area contributed by atoms with E-state index in [9.17, 15) is 13.6 Å². The molecule has 0 unspecified atom stereocenters. The Labute approximate surface area is 117 Å². The van der Waals surface area contributed by atoms with Crippen LogP contribution in [0.2, 0.25) is 0 Å². The van der Waals surface area contributed by atoms with Crippen LogP contribution >= 0.6 is 15.9 Å². The van der Waals surface area contributed by atoms with Crippen LogP contribution in [0.5, 0.6) is 0 Å². The summed E-state index contributed by atoms with van der Waals surface area (Å²) >= 11 is 3.32. The lowest BCUT2D eigenvalue weighted by Crippen LogP contribution is -2.16. The Balaban J connectivity index is 2.50. The van der Waals surface area contributed by atoms with Gasteiger partial charge >= 0.3 is 5.97 Å². The van der Waals surface area contributed by atoms with Gasteiger partial charge in [-0.1, -0.05) is 46.3 Å². The highest BCUT2D eigenvalue weighted by molar-refractivity contribution is 9.10. The summed E-state index contributed by atoms with van der Waals surface area (Å²) in [6.45, 7) is 0. The minimum Gasteiger partial charge on any atom is -0.481 e. The lowest BCUT2D eigenvalue weighted by Gasteiger charge is -2.18. The number of aliphatic carboxylic acids is 1. The molecule has 0 aliphatic carbocycles. The van der Waals surface area contributed by atoms with Crippen LogP contribution in [0.4, 0.5) is 8.78 Å². The molecule has 0 fully saturated rings. The van der Waals surface area contributed by atoms with Gasteiger partial charge in [-0.05, 0) is 16.8 Å². The third kappa shape index (κ3) is 2.92. The maximum atomic E-state index is 14.1. The maximum Gasteiger partial charge on any atom is 0.303 e. The number of alkyl halides is 2. The lowest BCUT2D eigenvalue weighted by molar-refractivity contribution is -0.139. The van der Waals surface area contributed by atoms with Crippen LogP contribution in [0.25, 0.3) is 10.8 Å². The Morgan fingerprint density at radius 2 is 1.79 bits per heavy atom. The van der Waals surface area contributed by atoms with Crippen molar-refractivity contribution in [3.63, 3.8) is 0 Å². The molecule has 0 saturated heterocycles. The number of hydrogen-bond acceptors (Lipinski definition) is 1. The summed E-state index contributed by atoms with van der Waals surface area (Å²) in [7, 11) is 0. The van der Waals surface area contributed by atoms with Crippen molar-refractivity contribution in [2.75, 3.05) is 0 Å². The zero-order valence-electron chi connectivity index (χ0n) is 9.87. The molecule has 2 aromatic carbocycles. The molecule has 19 heavy (non-hydrogen) atoms. The van der Waals surface area contributed by atoms with Crippen LogP contribution in [-0.4, -0.2) is 11.1 Å². The molecule has 0 heterocycles. The molecular formula is C14H11BrF2O2. The normalized spacial score (nSPS) is 11.7. The number of benzene rings is 2. The Hall–Kier alpha value is -1.49. The van der Waals surface area contributed by atoms with E-state index in [1.165, 1.54) is 6.07 Å². The molecule has 0 spiro atoms. The largest absolute Gasteiger partial charge is 0.481 e. The van der Waals surface area contributed by atoms with Crippen molar-refractivity contribution < 1.29 is 18.7 Å². The van der Waals surface area contributed by atoms with E-state index in [0.29, 0.717) is 10.8 Å². The first-order valence-corrected chi connectivity index (χ1v) is 6.48. The molecule has 0 atom stereocenters. The van der Waals surface area contributed by atoms with Crippen molar-refractivity contribution in [3.05, 3.63) is 46.4 Å². The standard InChI is InChI=1S/C14H11BrF2O2/c15-12-6-5-11(9-3-1-2-4-10(9)12)14(16,17)8-7-13(18)19/h1-6H,7-8H2,(H,18,19). The third-order valence-corrected chi connectivity index (χ3v) is 3.61. The molecule has 0 aliphatic rings. The first-order valence-electron chi connectivity index (χ1n) is 5.69. The summed E-state index contributed by atoms with van der Waals surface area (Å²) in [6, 6.07) is 9.72. The molecule has 5 heteroatoms. The summed E-state index contributed by atoms with van der Waals surface area (Å²) in [6.07, 6.45) is -1.26. The monoisotopic (exact) mass is 328 g/mol. The predicted molar refractivity (Wildman–Crippen MR) is 72.4 cm³/mol. The van der Waals surface area contributed by atoms with Crippen LogP contribution in [0.1, 0.15) is 18.4 Å². The molecule has 2 rings (SSSR count). The zero-order valence-corrected chi connectivity index (χ0v) is 11.5. The van der Waals surface area contributed by atoms with Crippen LogP contribution in [0, 0.1) is 0 Å². The van der Waals surface area contributed by atoms with Crippen molar-refractivity contribution in [2.45, 2.75) is 18.8 Å². The van der Waals surface area contributed by atoms with Crippen molar-refractivity contribution in [1.82, 2.24) is 0 Å². The number of rotatable bonds is 4. The average Bonchev–Trinajstić information content (AvgIpc) is 2.37. The van der Waals surface area contributed by atoms with Gasteiger partial charge in [0.15, 0.2) is 0 Å². The van der Waals surface area contributed by atoms with Gasteiger partial charge in [0.05, 0.1) is 6.42 Å². The average molecular weight is 329 g/mol. The number of carboxylic acid groups (broad SMARTS) is 1. The number of carboxylic acids is 1. The van der Waals surface area contributed by atoms with Gasteiger partial charge < -0.3 is 5.11 Å². The highest BCUT2D eigenvalue weighted by Gasteiger charge is 2.33. The van der Waals surface area contributed by atoms with Gasteiger partial charge in [0.2, 0.25) is 0 Å². The van der Waals surface area contributed by atoms with Crippen LogP contribution in [0.3, 0.4) is 0 Å². The first kappa shape index (κ1) is 13.9. The van der Waals surface area contributed by atoms with E-state index in [1.54, 1.807) is 30.3 Å². The Morgan fingerprint density at radius 1 is 1.16 bits per heavy atom. The number of fused-ring (bicyclic) bond motifs is 1. The van der Waals surface area contributed by atoms with E-state index in [2.05, 4.69) is 15.9 Å². The van der Waals surface area contributed by atoms with Gasteiger partial charge in [-0.2, -0.15) is 0 Å². The molecule has 0 aliphatic heterocycles. The predicted octanol–water partition coefficient (Wildman–Crippen LogP) is 4.56. The topological polar surface area (TPSA) is 37.3 Å². The Kier molecular flexibility index (Phi) is 3.85. The van der Waals surface area contributed by atoms with E-state index in [0.717, 1.165) is 4.47 Å². The molecular weight excluding hydrogens is 318 g/mol. The summed E-state index contributed by atoms with van der Waals surface area (Å²) in [5.41, 5.74) is -0.132. The third-order valence-electron chi connectivity index (χ3n) is 2.92. The van der Waals surface area contributed by atoms with Gasteiger partial charge in [-0.25, -0.2) is 8.78 Å². The highest BCUT2D eigenvalue weighted by Crippen LogP contribution is 2.39.